The van der Waals surface area contributed by atoms with Crippen LogP contribution in [0.4, 0.5) is 0 Å². The number of hydrogen-bond donors (Lipinski definition) is 0. The van der Waals surface area contributed by atoms with Gasteiger partial charge < -0.3 is 9.80 Å². The Morgan fingerprint density at radius 1 is 1.08 bits per heavy atom. The molecule has 4 heteroatoms. The summed E-state index contributed by atoms with van der Waals surface area (Å²) in [5, 5.41) is 1.67. The maximum Gasteiger partial charge on any atom is 0.254 e. The molecule has 0 aliphatic heterocycles. The molecule has 0 bridgehead atoms. The van der Waals surface area contributed by atoms with Gasteiger partial charge in [0.15, 0.2) is 6.29 Å². The van der Waals surface area contributed by atoms with Crippen molar-refractivity contribution >= 4 is 23.0 Å². The van der Waals surface area contributed by atoms with Crippen LogP contribution in [-0.4, -0.2) is 56.2 Å². The monoisotopic (exact) mass is 344 g/mol. The van der Waals surface area contributed by atoms with Crippen LogP contribution in [0.25, 0.3) is 10.8 Å². The first-order chi connectivity index (χ1) is 11.4. The van der Waals surface area contributed by atoms with E-state index in [1.807, 2.05) is 64.0 Å². The van der Waals surface area contributed by atoms with E-state index in [-0.39, 0.29) is 13.3 Å². The second-order valence-corrected chi connectivity index (χ2v) is 5.91. The first-order valence-electron chi connectivity index (χ1n) is 8.32. The molecule has 0 unspecified atom stereocenters. The largest absolute Gasteiger partial charge is 0.340 e. The number of aryl methyl sites for hydroxylation is 1. The highest BCUT2D eigenvalue weighted by Crippen LogP contribution is 2.25. The molecule has 1 amide bonds. The molecule has 0 aromatic heterocycles. The number of amides is 1. The summed E-state index contributed by atoms with van der Waals surface area (Å²) in [6.07, 6.45) is 0.814. The fourth-order valence-corrected chi connectivity index (χ4v) is 2.53. The van der Waals surface area contributed by atoms with E-state index >= 15 is 0 Å². The Balaban J connectivity index is 0.00000185. The van der Waals surface area contributed by atoms with E-state index in [2.05, 4.69) is 0 Å². The highest BCUT2D eigenvalue weighted by molar-refractivity contribution is 6.12. The van der Waals surface area contributed by atoms with Crippen LogP contribution in [0.2, 0.25) is 0 Å². The van der Waals surface area contributed by atoms with Crippen LogP contribution in [0.5, 0.6) is 0 Å². The van der Waals surface area contributed by atoms with E-state index in [4.69, 9.17) is 0 Å². The minimum absolute atomic E-state index is 0. The predicted octanol–water partition coefficient (Wildman–Crippen LogP) is 4.26. The minimum atomic E-state index is -0.0511. The molecule has 2 aromatic rings. The quantitative estimate of drug-likeness (QED) is 0.761. The van der Waals surface area contributed by atoms with E-state index in [9.17, 15) is 9.59 Å². The highest BCUT2D eigenvalue weighted by Gasteiger charge is 2.17. The first-order valence-corrected chi connectivity index (χ1v) is 8.32. The Hall–Kier alpha value is -2.20. The summed E-state index contributed by atoms with van der Waals surface area (Å²) in [5.41, 5.74) is 2.17. The first kappa shape index (κ1) is 22.8. The van der Waals surface area contributed by atoms with Gasteiger partial charge >= 0.3 is 0 Å². The molecule has 0 atom stereocenters. The molecule has 0 saturated carbocycles. The van der Waals surface area contributed by atoms with Crippen molar-refractivity contribution in [3.63, 3.8) is 0 Å². The molecule has 0 fully saturated rings. The number of aldehydes is 1. The van der Waals surface area contributed by atoms with Gasteiger partial charge in [0.25, 0.3) is 5.91 Å². The van der Waals surface area contributed by atoms with Crippen LogP contribution < -0.4 is 0 Å². The van der Waals surface area contributed by atoms with Gasteiger partial charge in [-0.05, 0) is 38.0 Å². The molecular weight excluding hydrogens is 312 g/mol. The second-order valence-electron chi connectivity index (χ2n) is 5.91. The molecule has 0 aliphatic rings. The van der Waals surface area contributed by atoms with Crippen molar-refractivity contribution in [2.24, 2.45) is 0 Å². The zero-order valence-electron chi connectivity index (χ0n) is 15.6. The number of carbonyl (C=O) groups is 2. The van der Waals surface area contributed by atoms with Gasteiger partial charge in [-0.2, -0.15) is 0 Å². The minimum Gasteiger partial charge on any atom is -0.340 e. The summed E-state index contributed by atoms with van der Waals surface area (Å²) in [7, 11) is 5.75. The fourth-order valence-electron chi connectivity index (χ4n) is 2.53. The summed E-state index contributed by atoms with van der Waals surface area (Å²) < 4.78 is 0. The van der Waals surface area contributed by atoms with Crippen molar-refractivity contribution in [2.75, 3.05) is 34.2 Å². The molecule has 0 heterocycles. The third-order valence-electron chi connectivity index (χ3n) is 3.74. The van der Waals surface area contributed by atoms with Crippen molar-refractivity contribution in [1.82, 2.24) is 9.80 Å². The molecule has 0 saturated heterocycles. The van der Waals surface area contributed by atoms with Gasteiger partial charge in [0.1, 0.15) is 0 Å². The Morgan fingerprint density at radius 2 is 1.72 bits per heavy atom. The molecule has 0 aliphatic carbocycles. The summed E-state index contributed by atoms with van der Waals surface area (Å²) in [5.74, 6) is -0.0511. The van der Waals surface area contributed by atoms with Crippen molar-refractivity contribution in [3.05, 3.63) is 47.0 Å². The normalized spacial score (nSPS) is 9.88. The molecule has 138 valence electrons. The van der Waals surface area contributed by atoms with E-state index in [1.54, 1.807) is 18.0 Å². The van der Waals surface area contributed by atoms with Crippen LogP contribution in [0.15, 0.2) is 30.3 Å². The maximum atomic E-state index is 12.8. The lowest BCUT2D eigenvalue weighted by Gasteiger charge is -2.21. The summed E-state index contributed by atoms with van der Waals surface area (Å²) >= 11 is 0. The van der Waals surface area contributed by atoms with Crippen LogP contribution >= 0.6 is 0 Å². The average Bonchev–Trinajstić information content (AvgIpc) is 2.59. The molecule has 4 nitrogen and oxygen atoms in total. The number of rotatable bonds is 5. The Kier molecular flexibility index (Phi) is 9.69. The summed E-state index contributed by atoms with van der Waals surface area (Å²) in [6.45, 7) is 7.40. The van der Waals surface area contributed by atoms with Gasteiger partial charge in [-0.3, -0.25) is 9.59 Å². The Labute approximate surface area is 152 Å². The summed E-state index contributed by atoms with van der Waals surface area (Å²) in [4.78, 5) is 27.9. The molecule has 0 spiro atoms. The van der Waals surface area contributed by atoms with E-state index in [0.29, 0.717) is 17.7 Å². The Morgan fingerprint density at radius 3 is 2.28 bits per heavy atom. The van der Waals surface area contributed by atoms with Crippen LogP contribution in [0.1, 0.15) is 47.6 Å². The highest BCUT2D eigenvalue weighted by atomic mass is 16.2. The maximum absolute atomic E-state index is 12.8. The smallest absolute Gasteiger partial charge is 0.254 e. The lowest BCUT2D eigenvalue weighted by atomic mass is 9.96. The van der Waals surface area contributed by atoms with Gasteiger partial charge in [0, 0.05) is 36.7 Å². The van der Waals surface area contributed by atoms with Crippen molar-refractivity contribution in [2.45, 2.75) is 28.2 Å². The number of fused-ring (bicyclic) bond motifs is 1. The van der Waals surface area contributed by atoms with Gasteiger partial charge in [0.05, 0.1) is 0 Å². The number of benzene rings is 2. The second kappa shape index (κ2) is 10.6. The van der Waals surface area contributed by atoms with Crippen LogP contribution in [-0.2, 0) is 0 Å². The molecule has 0 radical (unpaired) electrons. The SMILES string of the molecule is C.CC.Cc1cc(C(=O)N(C)CCN(C)C)c2c(C=O)cccc2c1. The zero-order valence-corrected chi connectivity index (χ0v) is 15.6. The number of carbonyl (C=O) groups excluding carboxylic acids is 2. The third-order valence-corrected chi connectivity index (χ3v) is 3.74. The topological polar surface area (TPSA) is 40.6 Å². The van der Waals surface area contributed by atoms with E-state index < -0.39 is 0 Å². The lowest BCUT2D eigenvalue weighted by molar-refractivity contribution is 0.0788. The molecule has 0 N–H and O–H groups in total. The number of nitrogens with zero attached hydrogens (tertiary/aromatic N) is 2. The standard InChI is InChI=1S/C18H22N2O2.C2H6.CH4/c1-13-10-14-6-5-7-15(12-21)17(14)16(11-13)18(22)20(4)9-8-19(2)3;1-2;/h5-7,10-12H,8-9H2,1-4H3;1-2H3;1H4. The van der Waals surface area contributed by atoms with Gasteiger partial charge in [-0.1, -0.05) is 45.5 Å². The predicted molar refractivity (Wildman–Crippen MR) is 108 cm³/mol. The average molecular weight is 344 g/mol. The van der Waals surface area contributed by atoms with Gasteiger partial charge in [-0.25, -0.2) is 0 Å². The van der Waals surface area contributed by atoms with Crippen LogP contribution in [0.3, 0.4) is 0 Å². The third kappa shape index (κ3) is 5.68. The van der Waals surface area contributed by atoms with Crippen molar-refractivity contribution < 1.29 is 9.59 Å². The molecular formula is C21H32N2O2. The van der Waals surface area contributed by atoms with E-state index in [1.165, 1.54) is 0 Å². The van der Waals surface area contributed by atoms with Crippen molar-refractivity contribution in [3.8, 4) is 0 Å². The Bertz CT molecular complexity index is 708. The fraction of sp³-hybridized carbons (Fsp3) is 0.429. The summed E-state index contributed by atoms with van der Waals surface area (Å²) in [6, 6.07) is 9.39. The van der Waals surface area contributed by atoms with Gasteiger partial charge in [-0.15, -0.1) is 0 Å². The van der Waals surface area contributed by atoms with Gasteiger partial charge in [0.2, 0.25) is 0 Å². The molecule has 25 heavy (non-hydrogen) atoms. The number of likely N-dealkylation sites (N-methyl/N-ethyl adjacent to an activating group) is 2. The number of hydrogen-bond acceptors (Lipinski definition) is 3. The molecule has 2 rings (SSSR count). The molecule has 2 aromatic carbocycles. The zero-order chi connectivity index (χ0) is 18.3. The lowest BCUT2D eigenvalue weighted by Crippen LogP contribution is -2.33. The van der Waals surface area contributed by atoms with E-state index in [0.717, 1.165) is 29.2 Å². The van der Waals surface area contributed by atoms with Crippen molar-refractivity contribution in [1.29, 1.82) is 0 Å². The van der Waals surface area contributed by atoms with Crippen LogP contribution in [0, 0.1) is 6.92 Å².